The van der Waals surface area contributed by atoms with Gasteiger partial charge in [0.15, 0.2) is 0 Å². The van der Waals surface area contributed by atoms with Crippen LogP contribution >= 0.6 is 0 Å². The molecule has 7 nitrogen and oxygen atoms in total. The van der Waals surface area contributed by atoms with Crippen LogP contribution in [-0.4, -0.2) is 59.7 Å². The summed E-state index contributed by atoms with van der Waals surface area (Å²) in [6.45, 7) is 12.1. The predicted molar refractivity (Wildman–Crippen MR) is 110 cm³/mol. The zero-order valence-corrected chi connectivity index (χ0v) is 18.4. The van der Waals surface area contributed by atoms with Crippen molar-refractivity contribution in [1.82, 2.24) is 9.80 Å². The van der Waals surface area contributed by atoms with E-state index >= 15 is 0 Å². The van der Waals surface area contributed by atoms with Gasteiger partial charge in [0.2, 0.25) is 0 Å². The smallest absolute Gasteiger partial charge is 0.410 e. The first-order chi connectivity index (χ1) is 13.4. The summed E-state index contributed by atoms with van der Waals surface area (Å²) in [5.74, 6) is 0.0591. The summed E-state index contributed by atoms with van der Waals surface area (Å²) in [6, 6.07) is 7.10. The molecule has 0 N–H and O–H groups in total. The molecule has 0 unspecified atom stereocenters. The van der Waals surface area contributed by atoms with E-state index in [-0.39, 0.29) is 30.2 Å². The summed E-state index contributed by atoms with van der Waals surface area (Å²) in [6.07, 6.45) is -0.851. The van der Waals surface area contributed by atoms with Crippen molar-refractivity contribution >= 4 is 12.0 Å². The monoisotopic (exact) mass is 401 g/mol. The Morgan fingerprint density at radius 2 is 2.07 bits per heavy atom. The number of para-hydroxylation sites is 1. The minimum atomic E-state index is -0.597. The first kappa shape index (κ1) is 22.5. The second-order valence-electron chi connectivity index (χ2n) is 8.84. The topological polar surface area (TPSA) is 82.9 Å². The Balaban J connectivity index is 2.39. The normalized spacial score (nSPS) is 19.6. The lowest BCUT2D eigenvalue weighted by Gasteiger charge is -2.38. The molecule has 0 aromatic heterocycles. The molecule has 1 aromatic rings. The summed E-state index contributed by atoms with van der Waals surface area (Å²) in [4.78, 5) is 28.8. The fraction of sp³-hybridized carbons (Fsp3) is 0.591. The number of fused-ring (bicyclic) bond motifs is 1. The Morgan fingerprint density at radius 1 is 1.41 bits per heavy atom. The van der Waals surface area contributed by atoms with Crippen molar-refractivity contribution < 1.29 is 19.1 Å². The molecule has 0 saturated heterocycles. The van der Waals surface area contributed by atoms with Gasteiger partial charge in [0, 0.05) is 25.6 Å². The van der Waals surface area contributed by atoms with Gasteiger partial charge in [0.25, 0.3) is 5.91 Å². The van der Waals surface area contributed by atoms with Crippen molar-refractivity contribution in [2.45, 2.75) is 59.3 Å². The van der Waals surface area contributed by atoms with Gasteiger partial charge in [0.1, 0.15) is 23.5 Å². The average Bonchev–Trinajstić information content (AvgIpc) is 2.62. The van der Waals surface area contributed by atoms with E-state index in [1.807, 2.05) is 41.5 Å². The Labute approximate surface area is 173 Å². The minimum Gasteiger partial charge on any atom is -0.486 e. The Kier molecular flexibility index (Phi) is 6.78. The maximum atomic E-state index is 13.1. The van der Waals surface area contributed by atoms with Crippen LogP contribution < -0.4 is 4.74 Å². The molecule has 158 valence electrons. The van der Waals surface area contributed by atoms with E-state index < -0.39 is 17.8 Å². The number of benzene rings is 1. The maximum Gasteiger partial charge on any atom is 0.410 e. The SMILES string of the molecule is CC(C)N1C[C@H](C)[C@@H](CN(C)C(=O)OC(C)(C)C)Oc2c(C#N)cccc2C1=O. The van der Waals surface area contributed by atoms with Crippen LogP contribution in [0, 0.1) is 17.2 Å². The van der Waals surface area contributed by atoms with Crippen molar-refractivity contribution in [3.05, 3.63) is 29.3 Å². The van der Waals surface area contributed by atoms with Gasteiger partial charge in [-0.3, -0.25) is 4.79 Å². The van der Waals surface area contributed by atoms with Gasteiger partial charge in [-0.2, -0.15) is 5.26 Å². The summed E-state index contributed by atoms with van der Waals surface area (Å²) >= 11 is 0. The van der Waals surface area contributed by atoms with Crippen molar-refractivity contribution in [3.63, 3.8) is 0 Å². The zero-order chi connectivity index (χ0) is 21.9. The molecule has 0 spiro atoms. The summed E-state index contributed by atoms with van der Waals surface area (Å²) in [5, 5.41) is 9.53. The minimum absolute atomic E-state index is 0.00845. The number of rotatable bonds is 3. The first-order valence-corrected chi connectivity index (χ1v) is 9.89. The van der Waals surface area contributed by atoms with Gasteiger partial charge in [-0.05, 0) is 46.8 Å². The number of amides is 2. The van der Waals surface area contributed by atoms with Crippen LogP contribution in [0.4, 0.5) is 4.79 Å². The van der Waals surface area contributed by atoms with Gasteiger partial charge in [-0.15, -0.1) is 0 Å². The first-order valence-electron chi connectivity index (χ1n) is 9.89. The summed E-state index contributed by atoms with van der Waals surface area (Å²) in [7, 11) is 1.66. The van der Waals surface area contributed by atoms with Crippen molar-refractivity contribution in [2.24, 2.45) is 5.92 Å². The molecule has 2 atom stereocenters. The predicted octanol–water partition coefficient (Wildman–Crippen LogP) is 3.67. The molecule has 0 radical (unpaired) electrons. The number of carbonyl (C=O) groups is 2. The number of ether oxygens (including phenoxy) is 2. The van der Waals surface area contributed by atoms with Crippen LogP contribution in [-0.2, 0) is 4.74 Å². The fourth-order valence-electron chi connectivity index (χ4n) is 3.20. The largest absolute Gasteiger partial charge is 0.486 e. The summed E-state index contributed by atoms with van der Waals surface area (Å²) < 4.78 is 11.6. The third-order valence-corrected chi connectivity index (χ3v) is 4.80. The molecule has 1 aliphatic rings. The van der Waals surface area contributed by atoms with E-state index in [0.29, 0.717) is 17.7 Å². The number of likely N-dealkylation sites (N-methyl/N-ethyl adjacent to an activating group) is 1. The van der Waals surface area contributed by atoms with E-state index in [2.05, 4.69) is 6.07 Å². The standard InChI is InChI=1S/C22H31N3O4/c1-14(2)25-12-15(3)18(13-24(7)21(27)29-22(4,5)6)28-19-16(11-23)9-8-10-17(19)20(25)26/h8-10,14-15,18H,12-13H2,1-7H3/t15-,18+/m0/s1. The average molecular weight is 402 g/mol. The van der Waals surface area contributed by atoms with E-state index in [4.69, 9.17) is 9.47 Å². The van der Waals surface area contributed by atoms with Gasteiger partial charge in [0.05, 0.1) is 17.7 Å². The van der Waals surface area contributed by atoms with Crippen LogP contribution in [0.15, 0.2) is 18.2 Å². The van der Waals surface area contributed by atoms with E-state index in [1.54, 1.807) is 30.1 Å². The molecule has 1 aromatic carbocycles. The quantitative estimate of drug-likeness (QED) is 0.772. The van der Waals surface area contributed by atoms with Crippen molar-refractivity contribution in [2.75, 3.05) is 20.1 Å². The molecule has 29 heavy (non-hydrogen) atoms. The third kappa shape index (κ3) is 5.41. The molecule has 2 amide bonds. The van der Waals surface area contributed by atoms with Crippen LogP contribution in [0.3, 0.4) is 0 Å². The second-order valence-corrected chi connectivity index (χ2v) is 8.84. The van der Waals surface area contributed by atoms with Gasteiger partial charge >= 0.3 is 6.09 Å². The van der Waals surface area contributed by atoms with Crippen LogP contribution in [0.25, 0.3) is 0 Å². The molecule has 1 heterocycles. The highest BCUT2D eigenvalue weighted by atomic mass is 16.6. The van der Waals surface area contributed by atoms with Crippen LogP contribution in [0.2, 0.25) is 0 Å². The summed E-state index contributed by atoms with van der Waals surface area (Å²) in [5.41, 5.74) is 0.0772. The molecular formula is C22H31N3O4. The number of nitriles is 1. The zero-order valence-electron chi connectivity index (χ0n) is 18.4. The number of nitrogens with zero attached hydrogens (tertiary/aromatic N) is 3. The molecule has 2 rings (SSSR count). The maximum absolute atomic E-state index is 13.1. The number of hydrogen-bond acceptors (Lipinski definition) is 5. The molecule has 0 fully saturated rings. The van der Waals surface area contributed by atoms with Gasteiger partial charge in [-0.25, -0.2) is 4.79 Å². The highest BCUT2D eigenvalue weighted by Crippen LogP contribution is 2.31. The lowest BCUT2D eigenvalue weighted by Crippen LogP contribution is -2.49. The molecule has 1 aliphatic heterocycles. The van der Waals surface area contributed by atoms with Gasteiger partial charge < -0.3 is 19.3 Å². The van der Waals surface area contributed by atoms with Crippen LogP contribution in [0.1, 0.15) is 57.5 Å². The Hall–Kier alpha value is -2.75. The highest BCUT2D eigenvalue weighted by Gasteiger charge is 2.34. The molecular weight excluding hydrogens is 370 g/mol. The van der Waals surface area contributed by atoms with E-state index in [1.165, 1.54) is 4.90 Å². The lowest BCUT2D eigenvalue weighted by atomic mass is 9.98. The Morgan fingerprint density at radius 3 is 2.62 bits per heavy atom. The van der Waals surface area contributed by atoms with Crippen molar-refractivity contribution in [1.29, 1.82) is 5.26 Å². The van der Waals surface area contributed by atoms with E-state index in [9.17, 15) is 14.9 Å². The highest BCUT2D eigenvalue weighted by molar-refractivity contribution is 5.98. The van der Waals surface area contributed by atoms with Crippen molar-refractivity contribution in [3.8, 4) is 11.8 Å². The molecule has 0 aliphatic carbocycles. The number of hydrogen-bond donors (Lipinski definition) is 0. The van der Waals surface area contributed by atoms with E-state index in [0.717, 1.165) is 0 Å². The second kappa shape index (κ2) is 8.73. The molecule has 0 bridgehead atoms. The van der Waals surface area contributed by atoms with Gasteiger partial charge in [-0.1, -0.05) is 13.0 Å². The van der Waals surface area contributed by atoms with Crippen LogP contribution in [0.5, 0.6) is 5.75 Å². The number of carbonyl (C=O) groups excluding carboxylic acids is 2. The molecule has 0 saturated carbocycles. The third-order valence-electron chi connectivity index (χ3n) is 4.80. The lowest BCUT2D eigenvalue weighted by molar-refractivity contribution is 0.0129. The Bertz CT molecular complexity index is 807. The fourth-order valence-corrected chi connectivity index (χ4v) is 3.20. The molecule has 7 heteroatoms.